The summed E-state index contributed by atoms with van der Waals surface area (Å²) in [7, 11) is -3.83. The second-order valence-corrected chi connectivity index (χ2v) is 7.31. The van der Waals surface area contributed by atoms with Crippen molar-refractivity contribution in [3.63, 3.8) is 0 Å². The van der Waals surface area contributed by atoms with Crippen LogP contribution in [0.15, 0.2) is 88.9 Å². The number of nitrogens with zero attached hydrogens (tertiary/aromatic N) is 1. The SMILES string of the molecule is O=S(=O)(N/N=C/c1ccc(OCc2ccccc2)cc1)c1ccc(F)cc1. The van der Waals surface area contributed by atoms with E-state index in [1.807, 2.05) is 30.3 Å². The number of hydrogen-bond acceptors (Lipinski definition) is 4. The maximum Gasteiger partial charge on any atom is 0.276 e. The van der Waals surface area contributed by atoms with E-state index in [0.29, 0.717) is 17.9 Å². The molecule has 7 heteroatoms. The van der Waals surface area contributed by atoms with Crippen LogP contribution >= 0.6 is 0 Å². The molecule has 0 saturated carbocycles. The van der Waals surface area contributed by atoms with Crippen LogP contribution in [0.2, 0.25) is 0 Å². The zero-order valence-electron chi connectivity index (χ0n) is 14.2. The van der Waals surface area contributed by atoms with E-state index in [0.717, 1.165) is 17.7 Å². The Hall–Kier alpha value is -3.19. The lowest BCUT2D eigenvalue weighted by Crippen LogP contribution is -2.18. The molecule has 0 saturated heterocycles. The molecule has 3 rings (SSSR count). The van der Waals surface area contributed by atoms with Crippen LogP contribution in [0, 0.1) is 5.82 Å². The summed E-state index contributed by atoms with van der Waals surface area (Å²) in [6.07, 6.45) is 1.38. The number of rotatable bonds is 7. The fourth-order valence-electron chi connectivity index (χ4n) is 2.23. The third-order valence-electron chi connectivity index (χ3n) is 3.64. The highest BCUT2D eigenvalue weighted by molar-refractivity contribution is 7.89. The highest BCUT2D eigenvalue weighted by atomic mass is 32.2. The molecule has 0 bridgehead atoms. The Labute approximate surface area is 157 Å². The van der Waals surface area contributed by atoms with Crippen LogP contribution in [-0.4, -0.2) is 14.6 Å². The Balaban J connectivity index is 1.56. The number of hydrogen-bond donors (Lipinski definition) is 1. The average Bonchev–Trinajstić information content (AvgIpc) is 2.68. The second-order valence-electron chi connectivity index (χ2n) is 5.65. The number of halogens is 1. The smallest absolute Gasteiger partial charge is 0.276 e. The first-order valence-electron chi connectivity index (χ1n) is 8.10. The number of benzene rings is 3. The monoisotopic (exact) mass is 384 g/mol. The summed E-state index contributed by atoms with van der Waals surface area (Å²) >= 11 is 0. The Kier molecular flexibility index (Phi) is 5.83. The minimum absolute atomic E-state index is 0.0642. The van der Waals surface area contributed by atoms with Crippen LogP contribution in [-0.2, 0) is 16.6 Å². The van der Waals surface area contributed by atoms with Gasteiger partial charge in [0.05, 0.1) is 11.1 Å². The largest absolute Gasteiger partial charge is 0.489 e. The molecule has 0 fully saturated rings. The van der Waals surface area contributed by atoms with Gasteiger partial charge < -0.3 is 4.74 Å². The molecule has 3 aromatic rings. The Bertz CT molecular complexity index is 1000. The fourth-order valence-corrected chi connectivity index (χ4v) is 3.02. The van der Waals surface area contributed by atoms with Crippen LogP contribution in [0.1, 0.15) is 11.1 Å². The van der Waals surface area contributed by atoms with Crippen molar-refractivity contribution >= 4 is 16.2 Å². The summed E-state index contributed by atoms with van der Waals surface area (Å²) in [4.78, 5) is 2.03. The van der Waals surface area contributed by atoms with Crippen molar-refractivity contribution in [3.8, 4) is 5.75 Å². The topological polar surface area (TPSA) is 67.8 Å². The average molecular weight is 384 g/mol. The molecule has 3 aromatic carbocycles. The molecule has 1 N–H and O–H groups in total. The third-order valence-corrected chi connectivity index (χ3v) is 4.88. The quantitative estimate of drug-likeness (QED) is 0.499. The third kappa shape index (κ3) is 5.39. The molecule has 0 aliphatic carbocycles. The normalized spacial score (nSPS) is 11.4. The molecule has 5 nitrogen and oxygen atoms in total. The molecule has 0 spiro atoms. The van der Waals surface area contributed by atoms with Crippen LogP contribution in [0.4, 0.5) is 4.39 Å². The molecule has 0 unspecified atom stereocenters. The maximum atomic E-state index is 12.9. The summed E-state index contributed by atoms with van der Waals surface area (Å²) in [5.74, 6) is 0.190. The van der Waals surface area contributed by atoms with Gasteiger partial charge in [-0.15, -0.1) is 0 Å². The molecular formula is C20H17FN2O3S. The first-order valence-corrected chi connectivity index (χ1v) is 9.58. The lowest BCUT2D eigenvalue weighted by atomic mass is 10.2. The lowest BCUT2D eigenvalue weighted by Gasteiger charge is -2.06. The van der Waals surface area contributed by atoms with E-state index in [4.69, 9.17) is 4.74 Å². The van der Waals surface area contributed by atoms with Gasteiger partial charge in [-0.1, -0.05) is 30.3 Å². The summed E-state index contributed by atoms with van der Waals surface area (Å²) in [6.45, 7) is 0.464. The van der Waals surface area contributed by atoms with E-state index in [1.54, 1.807) is 24.3 Å². The van der Waals surface area contributed by atoms with Crippen molar-refractivity contribution in [2.75, 3.05) is 0 Å². The van der Waals surface area contributed by atoms with Gasteiger partial charge in [0, 0.05) is 0 Å². The molecule has 27 heavy (non-hydrogen) atoms. The molecule has 0 aliphatic heterocycles. The molecule has 0 radical (unpaired) electrons. The standard InChI is InChI=1S/C20H17FN2O3S/c21-18-8-12-20(13-9-18)27(24,25)23-22-14-16-6-10-19(11-7-16)26-15-17-4-2-1-3-5-17/h1-14,23H,15H2/b22-14+. The summed E-state index contributed by atoms with van der Waals surface area (Å²) in [6, 6.07) is 21.4. The van der Waals surface area contributed by atoms with Crippen molar-refractivity contribution in [3.05, 3.63) is 95.8 Å². The first kappa shape index (κ1) is 18.6. The van der Waals surface area contributed by atoms with E-state index in [2.05, 4.69) is 9.93 Å². The van der Waals surface area contributed by atoms with Gasteiger partial charge in [-0.3, -0.25) is 0 Å². The molecular weight excluding hydrogens is 367 g/mol. The van der Waals surface area contributed by atoms with Gasteiger partial charge >= 0.3 is 0 Å². The van der Waals surface area contributed by atoms with Crippen molar-refractivity contribution in [1.29, 1.82) is 0 Å². The molecule has 0 aromatic heterocycles. The molecule has 138 valence electrons. The summed E-state index contributed by atoms with van der Waals surface area (Å²) in [5.41, 5.74) is 1.77. The zero-order valence-corrected chi connectivity index (χ0v) is 15.1. The van der Waals surface area contributed by atoms with E-state index in [-0.39, 0.29) is 4.90 Å². The van der Waals surface area contributed by atoms with Gasteiger partial charge in [-0.05, 0) is 59.7 Å². The highest BCUT2D eigenvalue weighted by Crippen LogP contribution is 2.14. The van der Waals surface area contributed by atoms with Crippen LogP contribution in [0.3, 0.4) is 0 Å². The van der Waals surface area contributed by atoms with E-state index in [9.17, 15) is 12.8 Å². The van der Waals surface area contributed by atoms with Gasteiger partial charge in [0.15, 0.2) is 0 Å². The zero-order chi connectivity index (χ0) is 19.1. The molecule has 0 atom stereocenters. The van der Waals surface area contributed by atoms with Crippen molar-refractivity contribution < 1.29 is 17.5 Å². The minimum Gasteiger partial charge on any atom is -0.489 e. The molecule has 0 amide bonds. The number of sulfonamides is 1. The Morgan fingerprint density at radius 1 is 0.926 bits per heavy atom. The van der Waals surface area contributed by atoms with Crippen LogP contribution < -0.4 is 9.57 Å². The van der Waals surface area contributed by atoms with Crippen molar-refractivity contribution in [2.24, 2.45) is 5.10 Å². The summed E-state index contributed by atoms with van der Waals surface area (Å²) in [5, 5.41) is 3.74. The maximum absolute atomic E-state index is 12.9. The molecule has 0 aliphatic rings. The van der Waals surface area contributed by atoms with Crippen molar-refractivity contribution in [1.82, 2.24) is 4.83 Å². The van der Waals surface area contributed by atoms with Crippen LogP contribution in [0.5, 0.6) is 5.75 Å². The minimum atomic E-state index is -3.83. The van der Waals surface area contributed by atoms with Gasteiger partial charge in [0.2, 0.25) is 0 Å². The predicted octanol–water partition coefficient (Wildman–Crippen LogP) is 3.72. The fraction of sp³-hybridized carbons (Fsp3) is 0.0500. The van der Waals surface area contributed by atoms with Crippen molar-refractivity contribution in [2.45, 2.75) is 11.5 Å². The van der Waals surface area contributed by atoms with Crippen LogP contribution in [0.25, 0.3) is 0 Å². The lowest BCUT2D eigenvalue weighted by molar-refractivity contribution is 0.306. The Morgan fingerprint density at radius 2 is 1.59 bits per heavy atom. The van der Waals surface area contributed by atoms with E-state index >= 15 is 0 Å². The number of ether oxygens (including phenoxy) is 1. The first-order chi connectivity index (χ1) is 13.0. The van der Waals surface area contributed by atoms with E-state index < -0.39 is 15.8 Å². The van der Waals surface area contributed by atoms with Gasteiger partial charge in [-0.2, -0.15) is 13.5 Å². The van der Waals surface area contributed by atoms with Gasteiger partial charge in [0.25, 0.3) is 10.0 Å². The van der Waals surface area contributed by atoms with E-state index in [1.165, 1.54) is 18.3 Å². The van der Waals surface area contributed by atoms with Gasteiger partial charge in [0.1, 0.15) is 18.2 Å². The number of hydrazone groups is 1. The van der Waals surface area contributed by atoms with Gasteiger partial charge in [-0.25, -0.2) is 9.22 Å². The number of nitrogens with one attached hydrogen (secondary N) is 1. The predicted molar refractivity (Wildman–Crippen MR) is 102 cm³/mol. The Morgan fingerprint density at radius 3 is 2.26 bits per heavy atom. The highest BCUT2D eigenvalue weighted by Gasteiger charge is 2.12. The second kappa shape index (κ2) is 8.46. The molecule has 0 heterocycles. The summed E-state index contributed by atoms with van der Waals surface area (Å²) < 4.78 is 42.6.